The Morgan fingerprint density at radius 3 is 2.78 bits per heavy atom. The number of thiophene rings is 1. The highest BCUT2D eigenvalue weighted by Gasteiger charge is 2.17. The maximum atomic E-state index is 11.7. The standard InChI is InChI=1S/C14H24N2OS/c1-14(2,3)10-11(15)9-13(17)16-7-6-12-5-4-8-18-12/h4-5,8,11H,6-7,9-10,15H2,1-3H3,(H,16,17). The second-order valence-corrected chi connectivity index (χ2v) is 6.94. The summed E-state index contributed by atoms with van der Waals surface area (Å²) in [5.74, 6) is 0.0586. The Balaban J connectivity index is 2.17. The highest BCUT2D eigenvalue weighted by atomic mass is 32.1. The lowest BCUT2D eigenvalue weighted by molar-refractivity contribution is -0.121. The van der Waals surface area contributed by atoms with Gasteiger partial charge < -0.3 is 11.1 Å². The van der Waals surface area contributed by atoms with Gasteiger partial charge in [-0.3, -0.25) is 4.79 Å². The minimum Gasteiger partial charge on any atom is -0.356 e. The highest BCUT2D eigenvalue weighted by Crippen LogP contribution is 2.20. The van der Waals surface area contributed by atoms with E-state index in [2.05, 4.69) is 37.5 Å². The minimum atomic E-state index is -0.0493. The molecular weight excluding hydrogens is 244 g/mol. The lowest BCUT2D eigenvalue weighted by Gasteiger charge is -2.22. The van der Waals surface area contributed by atoms with Gasteiger partial charge in [0.25, 0.3) is 0 Å². The molecule has 0 aromatic carbocycles. The Labute approximate surface area is 114 Å². The summed E-state index contributed by atoms with van der Waals surface area (Å²) in [5, 5.41) is 4.98. The van der Waals surface area contributed by atoms with Crippen LogP contribution in [0.1, 0.15) is 38.5 Å². The van der Waals surface area contributed by atoms with Crippen molar-refractivity contribution in [3.8, 4) is 0 Å². The third-order valence-corrected chi connectivity index (χ3v) is 3.53. The van der Waals surface area contributed by atoms with Crippen LogP contribution in [0.25, 0.3) is 0 Å². The van der Waals surface area contributed by atoms with E-state index in [1.807, 2.05) is 6.07 Å². The Morgan fingerprint density at radius 2 is 2.22 bits per heavy atom. The molecule has 0 aliphatic rings. The maximum absolute atomic E-state index is 11.7. The monoisotopic (exact) mass is 268 g/mol. The van der Waals surface area contributed by atoms with E-state index in [0.717, 1.165) is 12.8 Å². The molecule has 1 rings (SSSR count). The van der Waals surface area contributed by atoms with Crippen LogP contribution in [0.2, 0.25) is 0 Å². The molecule has 1 amide bonds. The number of nitrogens with two attached hydrogens (primary N) is 1. The van der Waals surface area contributed by atoms with Crippen LogP contribution >= 0.6 is 11.3 Å². The molecule has 3 nitrogen and oxygen atoms in total. The number of nitrogens with one attached hydrogen (secondary N) is 1. The van der Waals surface area contributed by atoms with E-state index < -0.39 is 0 Å². The first-order valence-electron chi connectivity index (χ1n) is 6.41. The molecule has 102 valence electrons. The van der Waals surface area contributed by atoms with Crippen LogP contribution in [0.3, 0.4) is 0 Å². The van der Waals surface area contributed by atoms with Crippen molar-refractivity contribution < 1.29 is 4.79 Å². The molecule has 4 heteroatoms. The Bertz CT molecular complexity index is 354. The maximum Gasteiger partial charge on any atom is 0.221 e. The summed E-state index contributed by atoms with van der Waals surface area (Å²) in [6.07, 6.45) is 2.19. The fraction of sp³-hybridized carbons (Fsp3) is 0.643. The summed E-state index contributed by atoms with van der Waals surface area (Å²) in [4.78, 5) is 13.0. The SMILES string of the molecule is CC(C)(C)CC(N)CC(=O)NCCc1cccs1. The average molecular weight is 268 g/mol. The van der Waals surface area contributed by atoms with Crippen molar-refractivity contribution in [2.75, 3.05) is 6.54 Å². The van der Waals surface area contributed by atoms with Crippen molar-refractivity contribution in [3.63, 3.8) is 0 Å². The Kier molecular flexibility index (Phi) is 5.82. The van der Waals surface area contributed by atoms with Crippen LogP contribution in [-0.4, -0.2) is 18.5 Å². The van der Waals surface area contributed by atoms with Crippen molar-refractivity contribution in [2.45, 2.75) is 46.1 Å². The van der Waals surface area contributed by atoms with E-state index in [1.165, 1.54) is 4.88 Å². The molecule has 0 saturated carbocycles. The molecule has 1 heterocycles. The summed E-state index contributed by atoms with van der Waals surface area (Å²) >= 11 is 1.72. The second kappa shape index (κ2) is 6.90. The van der Waals surface area contributed by atoms with Gasteiger partial charge in [0.1, 0.15) is 0 Å². The van der Waals surface area contributed by atoms with Gasteiger partial charge in [0.2, 0.25) is 5.91 Å². The molecule has 1 unspecified atom stereocenters. The zero-order valence-electron chi connectivity index (χ0n) is 11.5. The first-order chi connectivity index (χ1) is 8.37. The van der Waals surface area contributed by atoms with Crippen LogP contribution in [0.5, 0.6) is 0 Å². The lowest BCUT2D eigenvalue weighted by Crippen LogP contribution is -2.34. The third kappa shape index (κ3) is 6.77. The van der Waals surface area contributed by atoms with E-state index in [4.69, 9.17) is 5.73 Å². The Hall–Kier alpha value is -0.870. The number of rotatable bonds is 6. The normalized spacial score (nSPS) is 13.3. The molecule has 0 radical (unpaired) electrons. The molecule has 0 bridgehead atoms. The van der Waals surface area contributed by atoms with Crippen molar-refractivity contribution in [1.82, 2.24) is 5.32 Å². The molecular formula is C14H24N2OS. The highest BCUT2D eigenvalue weighted by molar-refractivity contribution is 7.09. The fourth-order valence-corrected chi connectivity index (χ4v) is 2.66. The summed E-state index contributed by atoms with van der Waals surface area (Å²) in [6, 6.07) is 4.06. The summed E-state index contributed by atoms with van der Waals surface area (Å²) in [6.45, 7) is 7.12. The summed E-state index contributed by atoms with van der Waals surface area (Å²) < 4.78 is 0. The van der Waals surface area contributed by atoms with E-state index in [9.17, 15) is 4.79 Å². The van der Waals surface area contributed by atoms with Gasteiger partial charge in [-0.15, -0.1) is 11.3 Å². The topological polar surface area (TPSA) is 55.1 Å². The van der Waals surface area contributed by atoms with Gasteiger partial charge >= 0.3 is 0 Å². The van der Waals surface area contributed by atoms with Gasteiger partial charge in [-0.25, -0.2) is 0 Å². The molecule has 0 aliphatic carbocycles. The fourth-order valence-electron chi connectivity index (χ4n) is 1.95. The van der Waals surface area contributed by atoms with Crippen LogP contribution in [0.15, 0.2) is 17.5 Å². The van der Waals surface area contributed by atoms with Gasteiger partial charge in [0.05, 0.1) is 0 Å². The zero-order chi connectivity index (χ0) is 13.6. The quantitative estimate of drug-likeness (QED) is 0.833. The predicted octanol–water partition coefficient (Wildman–Crippen LogP) is 2.56. The van der Waals surface area contributed by atoms with Gasteiger partial charge in [-0.1, -0.05) is 26.8 Å². The third-order valence-electron chi connectivity index (χ3n) is 2.60. The molecule has 0 fully saturated rings. The molecule has 1 atom stereocenters. The van der Waals surface area contributed by atoms with E-state index in [0.29, 0.717) is 13.0 Å². The van der Waals surface area contributed by atoms with Gasteiger partial charge in [0.15, 0.2) is 0 Å². The molecule has 18 heavy (non-hydrogen) atoms. The summed E-state index contributed by atoms with van der Waals surface area (Å²) in [5.41, 5.74) is 6.15. The first kappa shape index (κ1) is 15.2. The first-order valence-corrected chi connectivity index (χ1v) is 7.29. The van der Waals surface area contributed by atoms with E-state index >= 15 is 0 Å². The van der Waals surface area contributed by atoms with Crippen LogP contribution in [0.4, 0.5) is 0 Å². The van der Waals surface area contributed by atoms with Crippen LogP contribution in [-0.2, 0) is 11.2 Å². The Morgan fingerprint density at radius 1 is 1.50 bits per heavy atom. The number of hydrogen-bond donors (Lipinski definition) is 2. The van der Waals surface area contributed by atoms with Gasteiger partial charge in [-0.05, 0) is 29.7 Å². The molecule has 3 N–H and O–H groups in total. The minimum absolute atomic E-state index is 0.0493. The van der Waals surface area contributed by atoms with Crippen LogP contribution in [0, 0.1) is 5.41 Å². The van der Waals surface area contributed by atoms with Crippen molar-refractivity contribution in [2.24, 2.45) is 11.1 Å². The number of hydrogen-bond acceptors (Lipinski definition) is 3. The van der Waals surface area contributed by atoms with Crippen molar-refractivity contribution in [1.29, 1.82) is 0 Å². The molecule has 1 aromatic rings. The molecule has 0 aliphatic heterocycles. The number of amides is 1. The van der Waals surface area contributed by atoms with E-state index in [-0.39, 0.29) is 17.4 Å². The second-order valence-electron chi connectivity index (χ2n) is 5.91. The summed E-state index contributed by atoms with van der Waals surface area (Å²) in [7, 11) is 0. The predicted molar refractivity (Wildman–Crippen MR) is 77.7 cm³/mol. The zero-order valence-corrected chi connectivity index (χ0v) is 12.3. The number of carbonyl (C=O) groups excluding carboxylic acids is 1. The largest absolute Gasteiger partial charge is 0.356 e. The van der Waals surface area contributed by atoms with Crippen molar-refractivity contribution in [3.05, 3.63) is 22.4 Å². The van der Waals surface area contributed by atoms with Crippen LogP contribution < -0.4 is 11.1 Å². The lowest BCUT2D eigenvalue weighted by atomic mass is 9.87. The smallest absolute Gasteiger partial charge is 0.221 e. The van der Waals surface area contributed by atoms with E-state index in [1.54, 1.807) is 11.3 Å². The molecule has 0 spiro atoms. The van der Waals surface area contributed by atoms with Gasteiger partial charge in [-0.2, -0.15) is 0 Å². The average Bonchev–Trinajstić information content (AvgIpc) is 2.66. The number of carbonyl (C=O) groups is 1. The molecule has 0 saturated heterocycles. The van der Waals surface area contributed by atoms with Gasteiger partial charge in [0, 0.05) is 23.9 Å². The molecule has 1 aromatic heterocycles. The van der Waals surface area contributed by atoms with Crippen molar-refractivity contribution >= 4 is 17.2 Å².